The van der Waals surface area contributed by atoms with Crippen molar-refractivity contribution in [2.45, 2.75) is 105 Å². The van der Waals surface area contributed by atoms with Gasteiger partial charge in [0.15, 0.2) is 23.3 Å². The van der Waals surface area contributed by atoms with Crippen LogP contribution in [-0.2, 0) is 0 Å². The van der Waals surface area contributed by atoms with Gasteiger partial charge in [0.05, 0.1) is 45.5 Å². The van der Waals surface area contributed by atoms with Crippen LogP contribution >= 0.6 is 0 Å². The van der Waals surface area contributed by atoms with Crippen LogP contribution in [0.5, 0.6) is 0 Å². The average molecular weight is 1960 g/mol. The summed E-state index contributed by atoms with van der Waals surface area (Å²) in [4.78, 5) is 7.02. The lowest BCUT2D eigenvalue weighted by atomic mass is 9.91. The van der Waals surface area contributed by atoms with E-state index in [1.165, 1.54) is 24.3 Å². The fourth-order valence-electron chi connectivity index (χ4n) is 19.2. The number of nitrogens with zero attached hydrogens (tertiary/aromatic N) is 4. The average Bonchev–Trinajstić information content (AvgIpc) is 0.748. The molecular formula is C136H116F8N4. The molecule has 148 heavy (non-hydrogen) atoms. The minimum atomic E-state index is -0.614. The van der Waals surface area contributed by atoms with E-state index in [9.17, 15) is 8.78 Å². The van der Waals surface area contributed by atoms with Crippen LogP contribution in [0.1, 0.15) is 83.1 Å². The summed E-state index contributed by atoms with van der Waals surface area (Å²) in [6.07, 6.45) is 0. The molecule has 0 aromatic heterocycles. The normalized spacial score (nSPS) is 11.4. The first-order valence-corrected chi connectivity index (χ1v) is 49.7. The molecule has 0 unspecified atom stereocenters. The van der Waals surface area contributed by atoms with Crippen LogP contribution in [0.2, 0.25) is 0 Å². The van der Waals surface area contributed by atoms with E-state index < -0.39 is 45.4 Å². The van der Waals surface area contributed by atoms with Gasteiger partial charge in [0.1, 0.15) is 23.3 Å². The van der Waals surface area contributed by atoms with E-state index >= 15 is 26.3 Å². The number of halogens is 8. The van der Waals surface area contributed by atoms with Crippen molar-refractivity contribution in [1.29, 1.82) is 0 Å². The molecule has 0 aliphatic carbocycles. The summed E-state index contributed by atoms with van der Waals surface area (Å²) in [5.41, 5.74) is 21.0. The maximum atomic E-state index is 16.8. The molecule has 4 nitrogen and oxygen atoms in total. The lowest BCUT2D eigenvalue weighted by Gasteiger charge is -2.39. The second-order valence-corrected chi connectivity index (χ2v) is 40.4. The zero-order valence-corrected chi connectivity index (χ0v) is 85.0. The van der Waals surface area contributed by atoms with Crippen LogP contribution < -0.4 is 19.6 Å². The molecule has 20 rings (SSSR count). The molecule has 20 aromatic rings. The highest BCUT2D eigenvalue weighted by Gasteiger charge is 2.37. The van der Waals surface area contributed by atoms with Crippen molar-refractivity contribution in [3.05, 3.63) is 532 Å². The van der Waals surface area contributed by atoms with Crippen LogP contribution in [0.25, 0.3) is 134 Å². The molecule has 0 heterocycles. The molecule has 0 aliphatic heterocycles. The Hall–Kier alpha value is -17.0. The number of hydrogen-bond donors (Lipinski definition) is 0. The van der Waals surface area contributed by atoms with Gasteiger partial charge in [-0.1, -0.05) is 413 Å². The molecule has 0 fully saturated rings. The van der Waals surface area contributed by atoms with Crippen molar-refractivity contribution in [2.75, 3.05) is 19.6 Å². The Balaban J connectivity index is 0.000000135. The molecule has 12 heteroatoms. The molecule has 0 bridgehead atoms. The Labute approximate surface area is 865 Å². The monoisotopic (exact) mass is 1960 g/mol. The summed E-state index contributed by atoms with van der Waals surface area (Å²) in [5.74, 6) is -3.09. The van der Waals surface area contributed by atoms with E-state index in [2.05, 4.69) is 84.9 Å². The molecule has 0 aliphatic rings. The molecule has 0 saturated heterocycles. The summed E-state index contributed by atoms with van der Waals surface area (Å²) < 4.78 is 127. The predicted octanol–water partition coefficient (Wildman–Crippen LogP) is 39.6. The fraction of sp³-hybridized carbons (Fsp3) is 0.118. The SMILES string of the molecule is CC(C)(C)N(c1ccccc1F)c1c(-c2ccc(-c3ccccc3)cc2)ccc(-c2ccccc2)c1F.CC(C)(C)N(c1ccccc1F)c1cc(-c2ccc(-c3ccccc3)cc2)cc(-c2ccccc2)c1F.CC(C)(C)N(c1ccccc1F)c1ccc(-c2ccc(-c3ccccc3)cc2)c(-c2ccccc2)c1F.CC(C)(C)N(c1ccccc1F)c1ccc(-c2ccccc2)c(-c2ccc(-c3ccccc3)cc2)c1F. The zero-order valence-electron chi connectivity index (χ0n) is 85.0. The van der Waals surface area contributed by atoms with Crippen LogP contribution in [0, 0.1) is 46.5 Å². The van der Waals surface area contributed by atoms with Gasteiger partial charge in [-0.3, -0.25) is 0 Å². The number of hydrogen-bond acceptors (Lipinski definition) is 4. The summed E-state index contributed by atoms with van der Waals surface area (Å²) >= 11 is 0. The molecular weight excluding hydrogens is 1840 g/mol. The van der Waals surface area contributed by atoms with E-state index in [0.717, 1.165) is 106 Å². The Morgan fingerprint density at radius 3 is 0.642 bits per heavy atom. The number of benzene rings is 20. The van der Waals surface area contributed by atoms with Gasteiger partial charge in [0, 0.05) is 50.0 Å². The maximum Gasteiger partial charge on any atom is 0.155 e. The molecule has 0 atom stereocenters. The van der Waals surface area contributed by atoms with Crippen molar-refractivity contribution < 1.29 is 35.1 Å². The van der Waals surface area contributed by atoms with Crippen molar-refractivity contribution in [1.82, 2.24) is 0 Å². The van der Waals surface area contributed by atoms with Crippen LogP contribution in [0.3, 0.4) is 0 Å². The minimum absolute atomic E-state index is 0.333. The van der Waals surface area contributed by atoms with Gasteiger partial charge in [-0.15, -0.1) is 0 Å². The molecule has 0 amide bonds. The van der Waals surface area contributed by atoms with Gasteiger partial charge in [0.25, 0.3) is 0 Å². The summed E-state index contributed by atoms with van der Waals surface area (Å²) in [6, 6.07) is 152. The minimum Gasteiger partial charge on any atom is -0.331 e. The second kappa shape index (κ2) is 45.1. The second-order valence-electron chi connectivity index (χ2n) is 40.4. The van der Waals surface area contributed by atoms with Crippen molar-refractivity contribution in [2.24, 2.45) is 0 Å². The first kappa shape index (κ1) is 102. The fourth-order valence-corrected chi connectivity index (χ4v) is 19.2. The van der Waals surface area contributed by atoms with Crippen LogP contribution in [0.15, 0.2) is 485 Å². The summed E-state index contributed by atoms with van der Waals surface area (Å²) in [7, 11) is 0. The third-order valence-electron chi connectivity index (χ3n) is 25.9. The van der Waals surface area contributed by atoms with Gasteiger partial charge >= 0.3 is 0 Å². The smallest absolute Gasteiger partial charge is 0.155 e. The molecule has 0 spiro atoms. The van der Waals surface area contributed by atoms with Gasteiger partial charge in [-0.05, 0) is 262 Å². The highest BCUT2D eigenvalue weighted by Crippen LogP contribution is 2.51. The first-order chi connectivity index (χ1) is 71.4. The largest absolute Gasteiger partial charge is 0.331 e. The summed E-state index contributed by atoms with van der Waals surface area (Å²) in [6.45, 7) is 23.5. The van der Waals surface area contributed by atoms with Crippen LogP contribution in [0.4, 0.5) is 80.6 Å². The molecule has 736 valence electrons. The van der Waals surface area contributed by atoms with Gasteiger partial charge < -0.3 is 19.6 Å². The Morgan fingerprint density at radius 2 is 0.338 bits per heavy atom. The maximum absolute atomic E-state index is 16.8. The van der Waals surface area contributed by atoms with E-state index in [0.29, 0.717) is 73.3 Å². The van der Waals surface area contributed by atoms with Gasteiger partial charge in [-0.25, -0.2) is 35.1 Å². The predicted molar refractivity (Wildman–Crippen MR) is 604 cm³/mol. The number of anilines is 8. The standard InChI is InChI=1S/4C34H29F2N/c1-34(2,3)37(31-17-11-10-16-30(31)35)32-23-28(22-29(33(32)36)27-14-8-5-9-15-27)26-20-18-25(19-21-26)24-12-6-4-7-13-24;1-34(2,3)37(30-17-11-10-16-29(30)35)31-23-22-28(32(33(31)36)27-14-8-5-9-15-27)26-20-18-25(19-21-26)24-12-6-4-7-13-24;1-34(2,3)37(31-17-11-10-16-30(31)35)33-29(23-22-28(32(33)36)26-14-8-5-9-15-26)27-20-18-25(19-21-27)24-12-6-4-7-13-24;1-34(2,3)37(30-17-11-10-16-29(30)35)31-23-22-28(26-14-8-5-9-15-26)32(33(31)36)27-20-18-25(19-21-27)24-12-6-4-7-13-24/h4*4-23H,1-3H3. The summed E-state index contributed by atoms with van der Waals surface area (Å²) in [5, 5.41) is 0. The van der Waals surface area contributed by atoms with Crippen molar-refractivity contribution in [3.63, 3.8) is 0 Å². The van der Waals surface area contributed by atoms with Gasteiger partial charge in [-0.2, -0.15) is 0 Å². The van der Waals surface area contributed by atoms with E-state index in [1.54, 1.807) is 105 Å². The van der Waals surface area contributed by atoms with E-state index in [1.807, 2.05) is 374 Å². The Morgan fingerprint density at radius 1 is 0.135 bits per heavy atom. The van der Waals surface area contributed by atoms with Gasteiger partial charge in [0.2, 0.25) is 0 Å². The molecule has 0 radical (unpaired) electrons. The van der Waals surface area contributed by atoms with E-state index in [4.69, 9.17) is 0 Å². The van der Waals surface area contributed by atoms with E-state index in [-0.39, 0.29) is 23.3 Å². The highest BCUT2D eigenvalue weighted by molar-refractivity contribution is 5.93. The topological polar surface area (TPSA) is 13.0 Å². The highest BCUT2D eigenvalue weighted by atomic mass is 19.2. The quantitative estimate of drug-likeness (QED) is 0.0705. The lowest BCUT2D eigenvalue weighted by Crippen LogP contribution is -2.39. The lowest BCUT2D eigenvalue weighted by molar-refractivity contribution is 0.527. The van der Waals surface area contributed by atoms with Crippen molar-refractivity contribution >= 4 is 45.5 Å². The third-order valence-corrected chi connectivity index (χ3v) is 25.9. The Kier molecular flexibility index (Phi) is 31.3. The molecule has 0 saturated carbocycles. The van der Waals surface area contributed by atoms with Crippen molar-refractivity contribution in [3.8, 4) is 134 Å². The Bertz CT molecular complexity index is 7890. The van der Waals surface area contributed by atoms with Crippen LogP contribution in [-0.4, -0.2) is 22.2 Å². The molecule has 0 N–H and O–H groups in total. The zero-order chi connectivity index (χ0) is 104. The third kappa shape index (κ3) is 23.2. The number of para-hydroxylation sites is 4. The first-order valence-electron chi connectivity index (χ1n) is 49.7. The molecule has 20 aromatic carbocycles. The number of rotatable bonds is 20.